The van der Waals surface area contributed by atoms with E-state index in [-0.39, 0.29) is 6.03 Å². The van der Waals surface area contributed by atoms with Crippen LogP contribution >= 0.6 is 27.5 Å². The number of hydrogen-bond acceptors (Lipinski definition) is 1. The van der Waals surface area contributed by atoms with Gasteiger partial charge >= 0.3 is 6.03 Å². The first-order chi connectivity index (χ1) is 10.1. The zero-order chi connectivity index (χ0) is 15.1. The molecule has 0 saturated heterocycles. The minimum Gasteiger partial charge on any atom is -0.334 e. The lowest BCUT2D eigenvalue weighted by atomic mass is 10.2. The van der Waals surface area contributed by atoms with Crippen LogP contribution in [0.3, 0.4) is 0 Å². The van der Waals surface area contributed by atoms with Crippen LogP contribution < -0.4 is 10.6 Å². The molecule has 5 heteroatoms. The predicted octanol–water partition coefficient (Wildman–Crippen LogP) is 4.57. The van der Waals surface area contributed by atoms with Crippen molar-refractivity contribution >= 4 is 39.6 Å². The van der Waals surface area contributed by atoms with Crippen molar-refractivity contribution in [3.05, 3.63) is 75.4 Å². The van der Waals surface area contributed by atoms with Gasteiger partial charge in [0.2, 0.25) is 0 Å². The molecule has 2 aromatic carbocycles. The zero-order valence-electron chi connectivity index (χ0n) is 11.1. The first-order valence-corrected chi connectivity index (χ1v) is 7.51. The van der Waals surface area contributed by atoms with Crippen molar-refractivity contribution in [1.29, 1.82) is 0 Å². The quantitative estimate of drug-likeness (QED) is 0.818. The van der Waals surface area contributed by atoms with Gasteiger partial charge in [0.1, 0.15) is 0 Å². The standard InChI is InChI=1S/C16H14BrClN2O/c17-14-3-1-2-13(10-14)11-20-16(21)19-9-8-12-4-6-15(18)7-5-12/h1-10H,11H2,(H2,19,20,21)/b9-8+. The largest absolute Gasteiger partial charge is 0.334 e. The Hall–Kier alpha value is -1.78. The second kappa shape index (κ2) is 7.86. The molecule has 21 heavy (non-hydrogen) atoms. The monoisotopic (exact) mass is 364 g/mol. The molecule has 2 N–H and O–H groups in total. The molecule has 108 valence electrons. The molecule has 0 atom stereocenters. The number of amides is 2. The van der Waals surface area contributed by atoms with Crippen LogP contribution in [0.2, 0.25) is 5.02 Å². The van der Waals surface area contributed by atoms with E-state index in [9.17, 15) is 4.79 Å². The Balaban J connectivity index is 1.78. The lowest BCUT2D eigenvalue weighted by Gasteiger charge is -2.05. The van der Waals surface area contributed by atoms with Crippen LogP contribution in [0.4, 0.5) is 4.79 Å². The van der Waals surface area contributed by atoms with Gasteiger partial charge in [-0.15, -0.1) is 0 Å². The second-order valence-electron chi connectivity index (χ2n) is 4.34. The van der Waals surface area contributed by atoms with Gasteiger partial charge in [0.05, 0.1) is 0 Å². The van der Waals surface area contributed by atoms with Crippen molar-refractivity contribution in [1.82, 2.24) is 10.6 Å². The summed E-state index contributed by atoms with van der Waals surface area (Å²) in [5.41, 5.74) is 1.99. The van der Waals surface area contributed by atoms with E-state index in [1.165, 1.54) is 0 Å². The van der Waals surface area contributed by atoms with Gasteiger partial charge in [-0.2, -0.15) is 0 Å². The third-order valence-corrected chi connectivity index (χ3v) is 3.45. The van der Waals surface area contributed by atoms with Crippen LogP contribution in [-0.2, 0) is 6.54 Å². The molecule has 2 rings (SSSR count). The summed E-state index contributed by atoms with van der Waals surface area (Å²) in [4.78, 5) is 11.6. The molecule has 0 bridgehead atoms. The number of hydrogen-bond donors (Lipinski definition) is 2. The Bertz CT molecular complexity index is 641. The molecule has 0 saturated carbocycles. The Labute approximate surface area is 137 Å². The van der Waals surface area contributed by atoms with E-state index in [4.69, 9.17) is 11.6 Å². The summed E-state index contributed by atoms with van der Waals surface area (Å²) in [6, 6.07) is 14.9. The van der Waals surface area contributed by atoms with Crippen LogP contribution in [0.5, 0.6) is 0 Å². The van der Waals surface area contributed by atoms with Crippen LogP contribution in [0, 0.1) is 0 Å². The highest BCUT2D eigenvalue weighted by Crippen LogP contribution is 2.11. The second-order valence-corrected chi connectivity index (χ2v) is 5.69. The summed E-state index contributed by atoms with van der Waals surface area (Å²) in [6.45, 7) is 0.472. The van der Waals surface area contributed by atoms with E-state index in [2.05, 4.69) is 26.6 Å². The van der Waals surface area contributed by atoms with E-state index >= 15 is 0 Å². The molecule has 2 aromatic rings. The molecule has 2 amide bonds. The number of carbonyl (C=O) groups excluding carboxylic acids is 1. The van der Waals surface area contributed by atoms with Crippen LogP contribution in [0.15, 0.2) is 59.2 Å². The van der Waals surface area contributed by atoms with Crippen molar-refractivity contribution in [2.24, 2.45) is 0 Å². The molecular formula is C16H14BrClN2O. The summed E-state index contributed by atoms with van der Waals surface area (Å²) >= 11 is 9.19. The maximum Gasteiger partial charge on any atom is 0.319 e. The molecule has 0 aliphatic heterocycles. The Morgan fingerprint density at radius 3 is 2.67 bits per heavy atom. The van der Waals surface area contributed by atoms with Crippen LogP contribution in [-0.4, -0.2) is 6.03 Å². The molecule has 0 aliphatic carbocycles. The SMILES string of the molecule is O=C(N/C=C/c1ccc(Cl)cc1)NCc1cccc(Br)c1. The smallest absolute Gasteiger partial charge is 0.319 e. The molecule has 0 unspecified atom stereocenters. The van der Waals surface area contributed by atoms with Crippen molar-refractivity contribution in [2.45, 2.75) is 6.54 Å². The molecule has 0 aliphatic rings. The molecule has 0 radical (unpaired) electrons. The van der Waals surface area contributed by atoms with E-state index in [1.54, 1.807) is 24.4 Å². The lowest BCUT2D eigenvalue weighted by Crippen LogP contribution is -2.31. The fraction of sp³-hybridized carbons (Fsp3) is 0.0625. The van der Waals surface area contributed by atoms with Crippen molar-refractivity contribution in [2.75, 3.05) is 0 Å². The van der Waals surface area contributed by atoms with E-state index in [1.807, 2.05) is 36.4 Å². The van der Waals surface area contributed by atoms with Gasteiger partial charge < -0.3 is 10.6 Å². The fourth-order valence-corrected chi connectivity index (χ4v) is 2.24. The van der Waals surface area contributed by atoms with Gasteiger partial charge in [-0.25, -0.2) is 4.79 Å². The first-order valence-electron chi connectivity index (χ1n) is 6.34. The summed E-state index contributed by atoms with van der Waals surface area (Å²) < 4.78 is 0.991. The summed E-state index contributed by atoms with van der Waals surface area (Å²) in [5.74, 6) is 0. The number of nitrogens with one attached hydrogen (secondary N) is 2. The Morgan fingerprint density at radius 1 is 1.19 bits per heavy atom. The highest BCUT2D eigenvalue weighted by atomic mass is 79.9. The number of urea groups is 1. The molecular weight excluding hydrogens is 352 g/mol. The average Bonchev–Trinajstić information content (AvgIpc) is 2.47. The van der Waals surface area contributed by atoms with Gasteiger partial charge in [-0.1, -0.05) is 51.8 Å². The van der Waals surface area contributed by atoms with Crippen LogP contribution in [0.25, 0.3) is 6.08 Å². The van der Waals surface area contributed by atoms with Gasteiger partial charge in [0, 0.05) is 22.2 Å². The minimum absolute atomic E-state index is 0.250. The van der Waals surface area contributed by atoms with Gasteiger partial charge in [0.25, 0.3) is 0 Å². The summed E-state index contributed by atoms with van der Waals surface area (Å²) in [7, 11) is 0. The molecule has 3 nitrogen and oxygen atoms in total. The third-order valence-electron chi connectivity index (χ3n) is 2.70. The van der Waals surface area contributed by atoms with Crippen molar-refractivity contribution in [3.63, 3.8) is 0 Å². The Kier molecular flexibility index (Phi) is 5.84. The van der Waals surface area contributed by atoms with Gasteiger partial charge in [0.15, 0.2) is 0 Å². The summed E-state index contributed by atoms with van der Waals surface area (Å²) in [5, 5.41) is 6.12. The lowest BCUT2D eigenvalue weighted by molar-refractivity contribution is 0.244. The molecule has 0 aromatic heterocycles. The maximum atomic E-state index is 11.6. The number of halogens is 2. The van der Waals surface area contributed by atoms with Gasteiger partial charge in [-0.05, 0) is 41.5 Å². The average molecular weight is 366 g/mol. The third kappa shape index (κ3) is 5.61. The molecule has 0 heterocycles. The van der Waals surface area contributed by atoms with Crippen molar-refractivity contribution < 1.29 is 4.79 Å². The maximum absolute atomic E-state index is 11.6. The summed E-state index contributed by atoms with van der Waals surface area (Å²) in [6.07, 6.45) is 3.40. The van der Waals surface area contributed by atoms with E-state index < -0.39 is 0 Å². The molecule has 0 spiro atoms. The normalized spacial score (nSPS) is 10.6. The van der Waals surface area contributed by atoms with Crippen LogP contribution in [0.1, 0.15) is 11.1 Å². The number of carbonyl (C=O) groups is 1. The highest BCUT2D eigenvalue weighted by Gasteiger charge is 1.98. The number of rotatable bonds is 4. The topological polar surface area (TPSA) is 41.1 Å². The first kappa shape index (κ1) is 15.6. The number of benzene rings is 2. The fourth-order valence-electron chi connectivity index (χ4n) is 1.67. The molecule has 0 fully saturated rings. The van der Waals surface area contributed by atoms with Crippen molar-refractivity contribution in [3.8, 4) is 0 Å². The zero-order valence-corrected chi connectivity index (χ0v) is 13.5. The Morgan fingerprint density at radius 2 is 1.95 bits per heavy atom. The van der Waals surface area contributed by atoms with Gasteiger partial charge in [-0.3, -0.25) is 0 Å². The highest BCUT2D eigenvalue weighted by molar-refractivity contribution is 9.10. The minimum atomic E-state index is -0.250. The van der Waals surface area contributed by atoms with E-state index in [0.717, 1.165) is 15.6 Å². The predicted molar refractivity (Wildman–Crippen MR) is 90.0 cm³/mol. The van der Waals surface area contributed by atoms with E-state index in [0.29, 0.717) is 11.6 Å².